The van der Waals surface area contributed by atoms with Crippen molar-refractivity contribution in [2.45, 2.75) is 13.3 Å². The number of allylic oxidation sites excluding steroid dienone is 7. The summed E-state index contributed by atoms with van der Waals surface area (Å²) in [5.41, 5.74) is 10.1. The summed E-state index contributed by atoms with van der Waals surface area (Å²) in [4.78, 5) is 0. The summed E-state index contributed by atoms with van der Waals surface area (Å²) >= 11 is 0. The maximum absolute atomic E-state index is 5.71. The lowest BCUT2D eigenvalue weighted by Crippen LogP contribution is -2.02. The summed E-state index contributed by atoms with van der Waals surface area (Å²) < 4.78 is 0. The van der Waals surface area contributed by atoms with E-state index in [0.29, 0.717) is 6.54 Å². The molecule has 2 N–H and O–H groups in total. The molecule has 1 rings (SSSR count). The van der Waals surface area contributed by atoms with E-state index in [4.69, 9.17) is 5.73 Å². The first-order valence-corrected chi connectivity index (χ1v) is 6.83. The molecule has 1 heteroatoms. The minimum Gasteiger partial charge on any atom is -0.330 e. The van der Waals surface area contributed by atoms with Gasteiger partial charge in [0.15, 0.2) is 0 Å². The van der Waals surface area contributed by atoms with Gasteiger partial charge in [0, 0.05) is 0 Å². The lowest BCUT2D eigenvalue weighted by molar-refractivity contribution is 0.964. The van der Waals surface area contributed by atoms with Gasteiger partial charge < -0.3 is 5.73 Å². The SMILES string of the molecule is C=CC(=C\C=C/C)/C(=C/C(=C)c1ccccc1)CCN. The Morgan fingerprint density at radius 3 is 2.50 bits per heavy atom. The Kier molecular flexibility index (Phi) is 7.08. The third-order valence-corrected chi connectivity index (χ3v) is 2.97. The molecule has 0 unspecified atom stereocenters. The third-order valence-electron chi connectivity index (χ3n) is 2.97. The highest BCUT2D eigenvalue weighted by molar-refractivity contribution is 5.74. The van der Waals surface area contributed by atoms with Gasteiger partial charge >= 0.3 is 0 Å². The van der Waals surface area contributed by atoms with E-state index in [2.05, 4.69) is 31.4 Å². The Balaban J connectivity index is 3.09. The Morgan fingerprint density at radius 1 is 1.25 bits per heavy atom. The molecule has 0 spiro atoms. The molecule has 1 nitrogen and oxygen atoms in total. The van der Waals surface area contributed by atoms with Crippen LogP contribution in [0.1, 0.15) is 18.9 Å². The van der Waals surface area contributed by atoms with Crippen molar-refractivity contribution in [3.8, 4) is 0 Å². The van der Waals surface area contributed by atoms with E-state index < -0.39 is 0 Å². The van der Waals surface area contributed by atoms with Crippen molar-refractivity contribution in [3.05, 3.63) is 90.6 Å². The van der Waals surface area contributed by atoms with Crippen molar-refractivity contribution in [3.63, 3.8) is 0 Å². The van der Waals surface area contributed by atoms with E-state index in [0.717, 1.165) is 28.7 Å². The molecular weight excluding hydrogens is 242 g/mol. The van der Waals surface area contributed by atoms with Gasteiger partial charge in [0.1, 0.15) is 0 Å². The highest BCUT2D eigenvalue weighted by Gasteiger charge is 2.03. The first-order chi connectivity index (χ1) is 9.72. The van der Waals surface area contributed by atoms with E-state index in [1.807, 2.05) is 49.4 Å². The van der Waals surface area contributed by atoms with Crippen LogP contribution < -0.4 is 5.73 Å². The predicted molar refractivity (Wildman–Crippen MR) is 90.3 cm³/mol. The second kappa shape index (κ2) is 8.89. The van der Waals surface area contributed by atoms with Gasteiger partial charge in [-0.2, -0.15) is 0 Å². The summed E-state index contributed by atoms with van der Waals surface area (Å²) in [5.74, 6) is 0. The molecule has 1 aromatic carbocycles. The monoisotopic (exact) mass is 265 g/mol. The number of rotatable bonds is 7. The quantitative estimate of drug-likeness (QED) is 0.713. The van der Waals surface area contributed by atoms with Crippen LogP contribution in [0.2, 0.25) is 0 Å². The van der Waals surface area contributed by atoms with Crippen LogP contribution in [0.5, 0.6) is 0 Å². The van der Waals surface area contributed by atoms with Gasteiger partial charge in [0.25, 0.3) is 0 Å². The molecule has 104 valence electrons. The number of hydrogen-bond acceptors (Lipinski definition) is 1. The summed E-state index contributed by atoms with van der Waals surface area (Å²) in [7, 11) is 0. The summed E-state index contributed by atoms with van der Waals surface area (Å²) in [5, 5.41) is 0. The zero-order valence-corrected chi connectivity index (χ0v) is 12.2. The first kappa shape index (κ1) is 15.9. The third kappa shape index (κ3) is 4.87. The van der Waals surface area contributed by atoms with Crippen LogP contribution in [-0.4, -0.2) is 6.54 Å². The fourth-order valence-electron chi connectivity index (χ4n) is 1.91. The molecule has 20 heavy (non-hydrogen) atoms. The van der Waals surface area contributed by atoms with Crippen LogP contribution in [0.3, 0.4) is 0 Å². The van der Waals surface area contributed by atoms with Gasteiger partial charge in [0.2, 0.25) is 0 Å². The molecule has 0 aliphatic carbocycles. The molecule has 0 amide bonds. The minimum absolute atomic E-state index is 0.606. The summed E-state index contributed by atoms with van der Waals surface area (Å²) in [6.07, 6.45) is 10.8. The van der Waals surface area contributed by atoms with Gasteiger partial charge in [-0.05, 0) is 42.2 Å². The zero-order valence-electron chi connectivity index (χ0n) is 12.2. The van der Waals surface area contributed by atoms with E-state index in [-0.39, 0.29) is 0 Å². The van der Waals surface area contributed by atoms with E-state index in [1.54, 1.807) is 0 Å². The Labute approximate surface area is 122 Å². The molecular formula is C19H23N. The molecule has 0 aromatic heterocycles. The van der Waals surface area contributed by atoms with Gasteiger partial charge in [0.05, 0.1) is 0 Å². The average Bonchev–Trinajstić information content (AvgIpc) is 2.49. The predicted octanol–water partition coefficient (Wildman–Crippen LogP) is 4.66. The van der Waals surface area contributed by atoms with Crippen molar-refractivity contribution in [1.29, 1.82) is 0 Å². The fraction of sp³-hybridized carbons (Fsp3) is 0.158. The average molecular weight is 265 g/mol. The normalized spacial score (nSPS) is 12.7. The van der Waals surface area contributed by atoms with E-state index in [9.17, 15) is 0 Å². The van der Waals surface area contributed by atoms with Crippen molar-refractivity contribution >= 4 is 5.57 Å². The molecule has 0 atom stereocenters. The second-order valence-corrected chi connectivity index (χ2v) is 4.45. The Bertz CT molecular complexity index is 530. The topological polar surface area (TPSA) is 26.0 Å². The Hall–Kier alpha value is -2.12. The molecule has 0 aliphatic heterocycles. The molecule has 0 radical (unpaired) electrons. The lowest BCUT2D eigenvalue weighted by Gasteiger charge is -2.09. The summed E-state index contributed by atoms with van der Waals surface area (Å²) in [6.45, 7) is 10.6. The largest absolute Gasteiger partial charge is 0.330 e. The van der Waals surface area contributed by atoms with Crippen LogP contribution in [-0.2, 0) is 0 Å². The number of benzene rings is 1. The van der Waals surface area contributed by atoms with E-state index >= 15 is 0 Å². The molecule has 0 saturated heterocycles. The molecule has 1 aromatic rings. The van der Waals surface area contributed by atoms with Crippen LogP contribution in [0.4, 0.5) is 0 Å². The van der Waals surface area contributed by atoms with Gasteiger partial charge in [-0.25, -0.2) is 0 Å². The highest BCUT2D eigenvalue weighted by atomic mass is 14.5. The second-order valence-electron chi connectivity index (χ2n) is 4.45. The molecule has 0 saturated carbocycles. The summed E-state index contributed by atoms with van der Waals surface area (Å²) in [6, 6.07) is 10.1. The van der Waals surface area contributed by atoms with Crippen LogP contribution in [0.25, 0.3) is 5.57 Å². The van der Waals surface area contributed by atoms with Crippen LogP contribution in [0.15, 0.2) is 85.0 Å². The van der Waals surface area contributed by atoms with Gasteiger partial charge in [-0.1, -0.05) is 73.9 Å². The lowest BCUT2D eigenvalue weighted by atomic mass is 9.97. The molecule has 0 bridgehead atoms. The van der Waals surface area contributed by atoms with Crippen molar-refractivity contribution in [2.75, 3.05) is 6.54 Å². The van der Waals surface area contributed by atoms with Crippen molar-refractivity contribution in [2.24, 2.45) is 5.73 Å². The van der Waals surface area contributed by atoms with Crippen molar-refractivity contribution < 1.29 is 0 Å². The van der Waals surface area contributed by atoms with E-state index in [1.165, 1.54) is 0 Å². The van der Waals surface area contributed by atoms with Gasteiger partial charge in [-0.15, -0.1) is 0 Å². The molecule has 0 aliphatic rings. The van der Waals surface area contributed by atoms with Crippen molar-refractivity contribution in [1.82, 2.24) is 0 Å². The molecule has 0 fully saturated rings. The highest BCUT2D eigenvalue weighted by Crippen LogP contribution is 2.21. The number of hydrogen-bond donors (Lipinski definition) is 1. The van der Waals surface area contributed by atoms with Crippen LogP contribution in [0, 0.1) is 0 Å². The zero-order chi connectivity index (χ0) is 14.8. The Morgan fingerprint density at radius 2 is 1.95 bits per heavy atom. The number of nitrogens with two attached hydrogens (primary N) is 1. The standard InChI is InChI=1S/C19H23N/c1-4-6-10-17(5-2)19(13-14-20)15-16(3)18-11-8-7-9-12-18/h4-12,15H,2-3,13-14,20H2,1H3/b6-4-,17-10+,19-15+. The maximum Gasteiger partial charge on any atom is -0.00365 e. The smallest absolute Gasteiger partial charge is 0.00365 e. The minimum atomic E-state index is 0.606. The maximum atomic E-state index is 5.71. The first-order valence-electron chi connectivity index (χ1n) is 6.83. The van der Waals surface area contributed by atoms with Crippen LogP contribution >= 0.6 is 0 Å². The van der Waals surface area contributed by atoms with Gasteiger partial charge in [-0.3, -0.25) is 0 Å². The molecule has 0 heterocycles. The fourth-order valence-corrected chi connectivity index (χ4v) is 1.91.